The maximum atomic E-state index is 13.9. The molecule has 2 heterocycles. The van der Waals surface area contributed by atoms with Gasteiger partial charge in [-0.25, -0.2) is 12.8 Å². The Morgan fingerprint density at radius 3 is 2.32 bits per heavy atom. The minimum absolute atomic E-state index is 0.0331. The van der Waals surface area contributed by atoms with Crippen molar-refractivity contribution in [3.63, 3.8) is 0 Å². The van der Waals surface area contributed by atoms with E-state index in [4.69, 9.17) is 11.6 Å². The Balaban J connectivity index is 1.37. The van der Waals surface area contributed by atoms with Crippen LogP contribution in [0.4, 0.5) is 10.1 Å². The second-order valence-electron chi connectivity index (χ2n) is 10.1. The summed E-state index contributed by atoms with van der Waals surface area (Å²) in [5.74, 6) is -1.52. The molecule has 2 unspecified atom stereocenters. The zero-order valence-electron chi connectivity index (χ0n) is 21.5. The molecule has 0 saturated carbocycles. The van der Waals surface area contributed by atoms with E-state index in [2.05, 4.69) is 36.9 Å². The van der Waals surface area contributed by atoms with Gasteiger partial charge in [-0.15, -0.1) is 0 Å². The molecule has 2 saturated heterocycles. The highest BCUT2D eigenvalue weighted by molar-refractivity contribution is 7.89. The van der Waals surface area contributed by atoms with Gasteiger partial charge in [-0.1, -0.05) is 54.1 Å². The highest BCUT2D eigenvalue weighted by Crippen LogP contribution is 2.37. The number of halogens is 2. The molecule has 3 aromatic rings. The van der Waals surface area contributed by atoms with Crippen LogP contribution in [0.5, 0.6) is 0 Å². The van der Waals surface area contributed by atoms with Crippen molar-refractivity contribution in [1.82, 2.24) is 9.21 Å². The second-order valence-corrected chi connectivity index (χ2v) is 12.5. The van der Waals surface area contributed by atoms with Gasteiger partial charge >= 0.3 is 0 Å². The Morgan fingerprint density at radius 2 is 1.63 bits per heavy atom. The number of carbonyl (C=O) groups is 1. The number of hydrogen-bond donors (Lipinski definition) is 0. The fraction of sp³-hybridized carbons (Fsp3) is 0.345. The van der Waals surface area contributed by atoms with Gasteiger partial charge in [-0.05, 0) is 54.8 Å². The smallest absolute Gasteiger partial charge is 0.243 e. The first-order valence-electron chi connectivity index (χ1n) is 12.8. The van der Waals surface area contributed by atoms with Gasteiger partial charge in [0.2, 0.25) is 15.9 Å². The molecule has 2 atom stereocenters. The van der Waals surface area contributed by atoms with Crippen LogP contribution in [0.3, 0.4) is 0 Å². The first-order valence-corrected chi connectivity index (χ1v) is 14.6. The minimum Gasteiger partial charge on any atom is -0.368 e. The zero-order valence-corrected chi connectivity index (χ0v) is 23.1. The van der Waals surface area contributed by atoms with Crippen LogP contribution in [0.15, 0.2) is 71.6 Å². The van der Waals surface area contributed by atoms with Crippen LogP contribution < -0.4 is 4.90 Å². The van der Waals surface area contributed by atoms with Gasteiger partial charge in [0.15, 0.2) is 0 Å². The maximum Gasteiger partial charge on any atom is 0.243 e. The van der Waals surface area contributed by atoms with Crippen molar-refractivity contribution in [2.45, 2.75) is 24.7 Å². The molecule has 200 valence electrons. The van der Waals surface area contributed by atoms with Crippen LogP contribution in [0.1, 0.15) is 22.6 Å². The van der Waals surface area contributed by atoms with Crippen LogP contribution in [0.25, 0.3) is 0 Å². The van der Waals surface area contributed by atoms with Crippen LogP contribution in [0.2, 0.25) is 5.02 Å². The Kier molecular flexibility index (Phi) is 7.49. The van der Waals surface area contributed by atoms with Gasteiger partial charge < -0.3 is 9.80 Å². The highest BCUT2D eigenvalue weighted by Gasteiger charge is 2.45. The van der Waals surface area contributed by atoms with Crippen LogP contribution in [-0.4, -0.2) is 62.8 Å². The molecule has 9 heteroatoms. The summed E-state index contributed by atoms with van der Waals surface area (Å²) >= 11 is 5.88. The van der Waals surface area contributed by atoms with Crippen LogP contribution >= 0.6 is 11.6 Å². The van der Waals surface area contributed by atoms with Crippen LogP contribution in [0, 0.1) is 25.6 Å². The predicted molar refractivity (Wildman–Crippen MR) is 148 cm³/mol. The summed E-state index contributed by atoms with van der Waals surface area (Å²) in [6, 6.07) is 19.4. The van der Waals surface area contributed by atoms with Gasteiger partial charge in [0, 0.05) is 50.9 Å². The number of hydrogen-bond acceptors (Lipinski definition) is 4. The normalized spacial score (nSPS) is 20.6. The van der Waals surface area contributed by atoms with Crippen molar-refractivity contribution in [3.8, 4) is 0 Å². The van der Waals surface area contributed by atoms with Gasteiger partial charge in [0.1, 0.15) is 5.82 Å². The molecule has 0 aliphatic carbocycles. The van der Waals surface area contributed by atoms with Crippen LogP contribution in [-0.2, 0) is 14.8 Å². The van der Waals surface area contributed by atoms with Crippen molar-refractivity contribution >= 4 is 33.2 Å². The van der Waals surface area contributed by atoms with E-state index in [1.54, 1.807) is 0 Å². The number of anilines is 1. The van der Waals surface area contributed by atoms with Crippen molar-refractivity contribution in [2.24, 2.45) is 5.92 Å². The van der Waals surface area contributed by atoms with E-state index in [1.807, 2.05) is 35.2 Å². The van der Waals surface area contributed by atoms with E-state index in [-0.39, 0.29) is 34.8 Å². The van der Waals surface area contributed by atoms with E-state index < -0.39 is 21.8 Å². The zero-order chi connectivity index (χ0) is 27.0. The third-order valence-corrected chi connectivity index (χ3v) is 9.77. The molecule has 5 rings (SSSR count). The van der Waals surface area contributed by atoms with Gasteiger partial charge in [0.25, 0.3) is 0 Å². The van der Waals surface area contributed by atoms with Crippen molar-refractivity contribution in [2.75, 3.05) is 44.2 Å². The molecule has 0 spiro atoms. The van der Waals surface area contributed by atoms with E-state index >= 15 is 0 Å². The van der Waals surface area contributed by atoms with E-state index in [9.17, 15) is 17.6 Å². The molecule has 2 aliphatic heterocycles. The third-order valence-electron chi connectivity index (χ3n) is 7.66. The molecule has 1 amide bonds. The lowest BCUT2D eigenvalue weighted by atomic mass is 9.88. The lowest BCUT2D eigenvalue weighted by Crippen LogP contribution is -2.51. The Labute approximate surface area is 228 Å². The highest BCUT2D eigenvalue weighted by atomic mass is 35.5. The summed E-state index contributed by atoms with van der Waals surface area (Å²) in [6.45, 7) is 6.98. The van der Waals surface area contributed by atoms with Gasteiger partial charge in [-0.3, -0.25) is 4.79 Å². The lowest BCUT2D eigenvalue weighted by Gasteiger charge is -2.38. The van der Waals surface area contributed by atoms with Crippen molar-refractivity contribution < 1.29 is 17.6 Å². The molecular weight excluding hydrogens is 525 g/mol. The number of carbonyl (C=O) groups excluding carboxylic acids is 1. The summed E-state index contributed by atoms with van der Waals surface area (Å²) in [4.78, 5) is 18.0. The standard InChI is InChI=1S/C29H31ClFN3O3S/c1-20-8-9-21(2)28(16-20)32-12-14-33(15-13-32)29(35)25-19-34(18-24(25)22-6-4-3-5-7-22)38(36,37)23-10-11-27(31)26(30)17-23/h3-11,16-17,24-25H,12-15,18-19H2,1-2H3. The molecule has 0 bridgehead atoms. The van der Waals surface area contributed by atoms with E-state index in [0.29, 0.717) is 13.1 Å². The minimum atomic E-state index is -3.97. The molecule has 0 aromatic heterocycles. The lowest BCUT2D eigenvalue weighted by molar-refractivity contribution is -0.135. The summed E-state index contributed by atoms with van der Waals surface area (Å²) in [5, 5.41) is -0.251. The van der Waals surface area contributed by atoms with Crippen molar-refractivity contribution in [3.05, 3.63) is 94.3 Å². The second kappa shape index (κ2) is 10.7. The predicted octanol–water partition coefficient (Wildman–Crippen LogP) is 4.85. The quantitative estimate of drug-likeness (QED) is 0.452. The Hall–Kier alpha value is -2.94. The summed E-state index contributed by atoms with van der Waals surface area (Å²) in [7, 11) is -3.97. The number of rotatable bonds is 5. The molecule has 38 heavy (non-hydrogen) atoms. The Morgan fingerprint density at radius 1 is 0.921 bits per heavy atom. The molecule has 0 radical (unpaired) electrons. The fourth-order valence-corrected chi connectivity index (χ4v) is 7.26. The average Bonchev–Trinajstić information content (AvgIpc) is 3.38. The summed E-state index contributed by atoms with van der Waals surface area (Å²) in [6.07, 6.45) is 0. The SMILES string of the molecule is Cc1ccc(C)c(N2CCN(C(=O)C3CN(S(=O)(=O)c4ccc(F)c(Cl)c4)CC3c3ccccc3)CC2)c1. The summed E-state index contributed by atoms with van der Waals surface area (Å²) in [5.41, 5.74) is 4.52. The molecular formula is C29H31ClFN3O3S. The van der Waals surface area contributed by atoms with Gasteiger partial charge in [0.05, 0.1) is 15.8 Å². The number of amides is 1. The molecule has 2 aliphatic rings. The fourth-order valence-electron chi connectivity index (χ4n) is 5.50. The monoisotopic (exact) mass is 555 g/mol. The first kappa shape index (κ1) is 26.7. The number of aryl methyl sites for hydroxylation is 2. The van der Waals surface area contributed by atoms with Crippen molar-refractivity contribution in [1.29, 1.82) is 0 Å². The molecule has 0 N–H and O–H groups in total. The number of sulfonamides is 1. The van der Waals surface area contributed by atoms with E-state index in [1.165, 1.54) is 27.2 Å². The molecule has 2 fully saturated rings. The molecule has 3 aromatic carbocycles. The third kappa shape index (κ3) is 5.17. The first-order chi connectivity index (χ1) is 18.1. The Bertz CT molecular complexity index is 1440. The van der Waals surface area contributed by atoms with Gasteiger partial charge in [-0.2, -0.15) is 4.31 Å². The number of nitrogens with zero attached hydrogens (tertiary/aromatic N) is 3. The van der Waals surface area contributed by atoms with E-state index in [0.717, 1.165) is 30.8 Å². The molecule has 6 nitrogen and oxygen atoms in total. The number of benzene rings is 3. The average molecular weight is 556 g/mol. The largest absolute Gasteiger partial charge is 0.368 e. The maximum absolute atomic E-state index is 13.9. The summed E-state index contributed by atoms with van der Waals surface area (Å²) < 4.78 is 42.0. The number of piperazine rings is 1. The topological polar surface area (TPSA) is 60.9 Å².